The molecule has 5 heterocycles. The van der Waals surface area contributed by atoms with Crippen molar-refractivity contribution < 1.29 is 4.79 Å². The Hall–Kier alpha value is -3.85. The number of pyridine rings is 1. The lowest BCUT2D eigenvalue weighted by Gasteiger charge is -2.34. The van der Waals surface area contributed by atoms with E-state index in [4.69, 9.17) is 0 Å². The van der Waals surface area contributed by atoms with E-state index in [2.05, 4.69) is 73.7 Å². The van der Waals surface area contributed by atoms with Crippen LogP contribution in [-0.4, -0.2) is 54.5 Å². The molecule has 1 fully saturated rings. The maximum absolute atomic E-state index is 11.8. The quantitative estimate of drug-likeness (QED) is 0.460. The van der Waals surface area contributed by atoms with Gasteiger partial charge in [-0.25, -0.2) is 14.5 Å². The first-order valence-electron chi connectivity index (χ1n) is 12.1. The fraction of sp³-hybridized carbons (Fsp3) is 0.346. The SMILES string of the molecule is CC(C)N1CCC(c2ccc(Nc3ncc(-c4cc5c(cn4)C(=O)NC5)n4ncnc34)cc2)CC1. The van der Waals surface area contributed by atoms with E-state index in [1.165, 1.54) is 24.7 Å². The monoisotopic (exact) mass is 468 g/mol. The highest BCUT2D eigenvalue weighted by Gasteiger charge is 2.23. The third-order valence-corrected chi connectivity index (χ3v) is 7.14. The zero-order chi connectivity index (χ0) is 23.9. The van der Waals surface area contributed by atoms with Crippen LogP contribution < -0.4 is 10.6 Å². The molecule has 0 unspecified atom stereocenters. The Kier molecular flexibility index (Phi) is 5.41. The molecule has 0 bridgehead atoms. The molecule has 9 nitrogen and oxygen atoms in total. The molecule has 6 rings (SSSR count). The Morgan fingerprint density at radius 2 is 1.86 bits per heavy atom. The number of nitrogens with zero attached hydrogens (tertiary/aromatic N) is 6. The van der Waals surface area contributed by atoms with Crippen molar-refractivity contribution >= 4 is 23.1 Å². The number of carbonyl (C=O) groups excluding carboxylic acids is 1. The fourth-order valence-corrected chi connectivity index (χ4v) is 5.06. The van der Waals surface area contributed by atoms with Gasteiger partial charge >= 0.3 is 0 Å². The molecular weight excluding hydrogens is 440 g/mol. The minimum absolute atomic E-state index is 0.0883. The zero-order valence-corrected chi connectivity index (χ0v) is 19.9. The van der Waals surface area contributed by atoms with Gasteiger partial charge in [0.15, 0.2) is 11.5 Å². The summed E-state index contributed by atoms with van der Waals surface area (Å²) >= 11 is 0. The maximum atomic E-state index is 11.8. The molecule has 2 aliphatic rings. The first-order chi connectivity index (χ1) is 17.1. The van der Waals surface area contributed by atoms with Gasteiger partial charge < -0.3 is 15.5 Å². The summed E-state index contributed by atoms with van der Waals surface area (Å²) in [7, 11) is 0. The summed E-state index contributed by atoms with van der Waals surface area (Å²) in [6.45, 7) is 7.38. The van der Waals surface area contributed by atoms with Crippen LogP contribution in [0.4, 0.5) is 11.5 Å². The lowest BCUT2D eigenvalue weighted by Crippen LogP contribution is -2.37. The molecule has 1 aromatic carbocycles. The topological polar surface area (TPSA) is 100 Å². The van der Waals surface area contributed by atoms with E-state index in [9.17, 15) is 4.79 Å². The highest BCUT2D eigenvalue weighted by molar-refractivity contribution is 5.98. The zero-order valence-electron chi connectivity index (χ0n) is 19.9. The second-order valence-electron chi connectivity index (χ2n) is 9.55. The van der Waals surface area contributed by atoms with Crippen LogP contribution in [0.15, 0.2) is 49.1 Å². The predicted molar refractivity (Wildman–Crippen MR) is 134 cm³/mol. The molecule has 178 valence electrons. The third kappa shape index (κ3) is 4.01. The first kappa shape index (κ1) is 21.7. The van der Waals surface area contributed by atoms with Gasteiger partial charge in [-0.3, -0.25) is 9.78 Å². The number of benzene rings is 1. The minimum Gasteiger partial charge on any atom is -0.348 e. The Balaban J connectivity index is 1.22. The van der Waals surface area contributed by atoms with Crippen LogP contribution in [0.1, 0.15) is 54.1 Å². The Labute approximate surface area is 203 Å². The number of anilines is 2. The van der Waals surface area contributed by atoms with Crippen LogP contribution in [0.2, 0.25) is 0 Å². The molecule has 0 atom stereocenters. The normalized spacial score (nSPS) is 16.6. The number of fused-ring (bicyclic) bond motifs is 2. The minimum atomic E-state index is -0.0883. The number of amides is 1. The van der Waals surface area contributed by atoms with Gasteiger partial charge in [-0.1, -0.05) is 12.1 Å². The molecule has 1 saturated heterocycles. The van der Waals surface area contributed by atoms with Crippen molar-refractivity contribution in [3.63, 3.8) is 0 Å². The summed E-state index contributed by atoms with van der Waals surface area (Å²) in [5.74, 6) is 1.15. The second kappa shape index (κ2) is 8.74. The number of hydrogen-bond acceptors (Lipinski definition) is 7. The van der Waals surface area contributed by atoms with E-state index in [0.717, 1.165) is 24.3 Å². The number of aromatic nitrogens is 5. The standard InChI is InChI=1S/C26H28N8O/c1-16(2)33-9-7-18(8-10-33)17-3-5-20(6-4-17)32-24-25-30-15-31-34(25)23(14-28-24)22-11-19-12-29-26(35)21(19)13-27-22/h3-6,11,13-16,18H,7-10,12H2,1-2H3,(H,28,32)(H,29,35). The molecule has 3 aromatic heterocycles. The van der Waals surface area contributed by atoms with Crippen molar-refractivity contribution in [3.05, 3.63) is 65.7 Å². The Morgan fingerprint density at radius 3 is 2.63 bits per heavy atom. The average Bonchev–Trinajstić information content (AvgIpc) is 3.52. The van der Waals surface area contributed by atoms with Gasteiger partial charge in [0, 0.05) is 24.5 Å². The summed E-state index contributed by atoms with van der Waals surface area (Å²) in [6, 6.07) is 11.2. The van der Waals surface area contributed by atoms with Crippen LogP contribution in [-0.2, 0) is 6.54 Å². The van der Waals surface area contributed by atoms with Crippen LogP contribution >= 0.6 is 0 Å². The van der Waals surface area contributed by atoms with Gasteiger partial charge in [-0.05, 0) is 75.0 Å². The van der Waals surface area contributed by atoms with Crippen LogP contribution in [0, 0.1) is 0 Å². The fourth-order valence-electron chi connectivity index (χ4n) is 5.06. The summed E-state index contributed by atoms with van der Waals surface area (Å²) in [6.07, 6.45) is 7.26. The molecule has 35 heavy (non-hydrogen) atoms. The lowest BCUT2D eigenvalue weighted by atomic mass is 9.89. The highest BCUT2D eigenvalue weighted by atomic mass is 16.1. The molecule has 2 aliphatic heterocycles. The smallest absolute Gasteiger partial charge is 0.253 e. The molecule has 1 amide bonds. The van der Waals surface area contributed by atoms with E-state index >= 15 is 0 Å². The Bertz CT molecular complexity index is 1390. The second-order valence-corrected chi connectivity index (χ2v) is 9.55. The number of carbonyl (C=O) groups is 1. The molecule has 0 radical (unpaired) electrons. The Morgan fingerprint density at radius 1 is 1.06 bits per heavy atom. The van der Waals surface area contributed by atoms with E-state index in [1.807, 2.05) is 6.07 Å². The van der Waals surface area contributed by atoms with Crippen molar-refractivity contribution in [3.8, 4) is 11.4 Å². The molecule has 9 heteroatoms. The molecule has 0 aliphatic carbocycles. The van der Waals surface area contributed by atoms with E-state index in [0.29, 0.717) is 46.9 Å². The number of likely N-dealkylation sites (tertiary alicyclic amines) is 1. The van der Waals surface area contributed by atoms with Gasteiger partial charge in [-0.2, -0.15) is 5.10 Å². The van der Waals surface area contributed by atoms with Gasteiger partial charge in [-0.15, -0.1) is 0 Å². The number of nitrogens with one attached hydrogen (secondary N) is 2. The van der Waals surface area contributed by atoms with E-state index in [1.54, 1.807) is 16.9 Å². The van der Waals surface area contributed by atoms with E-state index in [-0.39, 0.29) is 5.91 Å². The van der Waals surface area contributed by atoms with E-state index < -0.39 is 0 Å². The van der Waals surface area contributed by atoms with Gasteiger partial charge in [0.1, 0.15) is 12.0 Å². The summed E-state index contributed by atoms with van der Waals surface area (Å²) in [4.78, 5) is 27.9. The third-order valence-electron chi connectivity index (χ3n) is 7.14. The molecule has 0 spiro atoms. The summed E-state index contributed by atoms with van der Waals surface area (Å²) in [5, 5.41) is 10.6. The molecule has 0 saturated carbocycles. The molecular formula is C26H28N8O. The van der Waals surface area contributed by atoms with Gasteiger partial charge in [0.25, 0.3) is 5.91 Å². The predicted octanol–water partition coefficient (Wildman–Crippen LogP) is 3.76. The summed E-state index contributed by atoms with van der Waals surface area (Å²) < 4.78 is 1.73. The molecule has 2 N–H and O–H groups in total. The van der Waals surface area contributed by atoms with Crippen molar-refractivity contribution in [2.75, 3.05) is 18.4 Å². The average molecular weight is 469 g/mol. The maximum Gasteiger partial charge on any atom is 0.253 e. The number of rotatable bonds is 5. The van der Waals surface area contributed by atoms with Gasteiger partial charge in [0.2, 0.25) is 0 Å². The molecule has 4 aromatic rings. The van der Waals surface area contributed by atoms with Crippen LogP contribution in [0.5, 0.6) is 0 Å². The van der Waals surface area contributed by atoms with Crippen molar-refractivity contribution in [2.24, 2.45) is 0 Å². The summed E-state index contributed by atoms with van der Waals surface area (Å²) in [5.41, 5.74) is 5.92. The van der Waals surface area contributed by atoms with Crippen LogP contribution in [0.25, 0.3) is 17.0 Å². The largest absolute Gasteiger partial charge is 0.348 e. The number of piperidine rings is 1. The van der Waals surface area contributed by atoms with Crippen LogP contribution in [0.3, 0.4) is 0 Å². The highest BCUT2D eigenvalue weighted by Crippen LogP contribution is 2.31. The van der Waals surface area contributed by atoms with Crippen molar-refractivity contribution in [1.29, 1.82) is 0 Å². The van der Waals surface area contributed by atoms with Crippen molar-refractivity contribution in [1.82, 2.24) is 34.8 Å². The lowest BCUT2D eigenvalue weighted by molar-refractivity contribution is 0.0965. The first-order valence-corrected chi connectivity index (χ1v) is 12.1. The van der Waals surface area contributed by atoms with Crippen molar-refractivity contribution in [2.45, 2.75) is 45.2 Å². The van der Waals surface area contributed by atoms with Gasteiger partial charge in [0.05, 0.1) is 17.5 Å². The number of hydrogen-bond donors (Lipinski definition) is 2.